The molecular weight excluding hydrogens is 270 g/mol. The number of nitrogens with zero attached hydrogens (tertiary/aromatic N) is 2. The fourth-order valence-corrected chi connectivity index (χ4v) is 2.36. The van der Waals surface area contributed by atoms with Gasteiger partial charge in [-0.15, -0.1) is 0 Å². The SMILES string of the molecule is CCCCCN(c1cc(CNCC)c(Cl)cn1)C(C)C. The average molecular weight is 298 g/mol. The summed E-state index contributed by atoms with van der Waals surface area (Å²) in [5, 5.41) is 4.06. The van der Waals surface area contributed by atoms with Gasteiger partial charge in [-0.05, 0) is 38.4 Å². The minimum atomic E-state index is 0.451. The highest BCUT2D eigenvalue weighted by molar-refractivity contribution is 6.31. The lowest BCUT2D eigenvalue weighted by Gasteiger charge is -2.28. The molecule has 1 heterocycles. The molecule has 0 spiro atoms. The Kier molecular flexibility index (Phi) is 7.93. The predicted octanol–water partition coefficient (Wildman–Crippen LogP) is 4.25. The Morgan fingerprint density at radius 2 is 2.05 bits per heavy atom. The monoisotopic (exact) mass is 297 g/mol. The van der Waals surface area contributed by atoms with Crippen LogP contribution in [-0.4, -0.2) is 24.1 Å². The van der Waals surface area contributed by atoms with Gasteiger partial charge < -0.3 is 10.2 Å². The van der Waals surface area contributed by atoms with Gasteiger partial charge in [0.25, 0.3) is 0 Å². The van der Waals surface area contributed by atoms with E-state index >= 15 is 0 Å². The van der Waals surface area contributed by atoms with Crippen molar-refractivity contribution in [2.45, 2.75) is 59.5 Å². The van der Waals surface area contributed by atoms with Crippen molar-refractivity contribution in [3.63, 3.8) is 0 Å². The Morgan fingerprint density at radius 1 is 1.30 bits per heavy atom. The Labute approximate surface area is 128 Å². The third-order valence-corrected chi connectivity index (χ3v) is 3.75. The van der Waals surface area contributed by atoms with Gasteiger partial charge in [0.1, 0.15) is 5.82 Å². The molecule has 0 bridgehead atoms. The number of pyridine rings is 1. The van der Waals surface area contributed by atoms with Crippen LogP contribution < -0.4 is 10.2 Å². The summed E-state index contributed by atoms with van der Waals surface area (Å²) >= 11 is 6.22. The van der Waals surface area contributed by atoms with E-state index in [0.717, 1.165) is 36.0 Å². The highest BCUT2D eigenvalue weighted by atomic mass is 35.5. The minimum absolute atomic E-state index is 0.451. The molecule has 0 amide bonds. The summed E-state index contributed by atoms with van der Waals surface area (Å²) in [7, 11) is 0. The van der Waals surface area contributed by atoms with Crippen molar-refractivity contribution in [3.8, 4) is 0 Å². The summed E-state index contributed by atoms with van der Waals surface area (Å²) < 4.78 is 0. The van der Waals surface area contributed by atoms with Crippen molar-refractivity contribution in [3.05, 3.63) is 22.8 Å². The van der Waals surface area contributed by atoms with Crippen LogP contribution in [0.3, 0.4) is 0 Å². The molecule has 0 saturated heterocycles. The minimum Gasteiger partial charge on any atom is -0.354 e. The predicted molar refractivity (Wildman–Crippen MR) is 88.6 cm³/mol. The molecule has 0 atom stereocenters. The van der Waals surface area contributed by atoms with Crippen LogP contribution in [0.4, 0.5) is 5.82 Å². The summed E-state index contributed by atoms with van der Waals surface area (Å²) in [6.07, 6.45) is 5.49. The van der Waals surface area contributed by atoms with Crippen molar-refractivity contribution < 1.29 is 0 Å². The smallest absolute Gasteiger partial charge is 0.129 e. The van der Waals surface area contributed by atoms with Gasteiger partial charge in [0, 0.05) is 25.3 Å². The molecule has 0 aliphatic rings. The zero-order valence-corrected chi connectivity index (χ0v) is 14.0. The number of hydrogen-bond acceptors (Lipinski definition) is 3. The summed E-state index contributed by atoms with van der Waals surface area (Å²) in [6.45, 7) is 11.6. The third-order valence-electron chi connectivity index (χ3n) is 3.41. The largest absolute Gasteiger partial charge is 0.354 e. The van der Waals surface area contributed by atoms with Gasteiger partial charge in [-0.1, -0.05) is 38.3 Å². The second-order valence-corrected chi connectivity index (χ2v) is 5.82. The van der Waals surface area contributed by atoms with Gasteiger partial charge in [-0.3, -0.25) is 0 Å². The number of halogens is 1. The molecular formula is C16H28ClN3. The second kappa shape index (κ2) is 9.19. The maximum absolute atomic E-state index is 6.22. The zero-order valence-electron chi connectivity index (χ0n) is 13.2. The van der Waals surface area contributed by atoms with Crippen molar-refractivity contribution >= 4 is 17.4 Å². The molecule has 0 unspecified atom stereocenters. The number of rotatable bonds is 9. The summed E-state index contributed by atoms with van der Waals surface area (Å²) in [4.78, 5) is 6.88. The van der Waals surface area contributed by atoms with E-state index in [1.165, 1.54) is 19.3 Å². The Hall–Kier alpha value is -0.800. The van der Waals surface area contributed by atoms with Crippen LogP contribution in [0.2, 0.25) is 5.02 Å². The van der Waals surface area contributed by atoms with Gasteiger partial charge in [0.05, 0.1) is 5.02 Å². The zero-order chi connectivity index (χ0) is 15.0. The van der Waals surface area contributed by atoms with Crippen LogP contribution in [0.5, 0.6) is 0 Å². The first-order valence-corrected chi connectivity index (χ1v) is 8.09. The van der Waals surface area contributed by atoms with E-state index in [4.69, 9.17) is 11.6 Å². The van der Waals surface area contributed by atoms with E-state index in [2.05, 4.69) is 49.0 Å². The number of hydrogen-bond donors (Lipinski definition) is 1. The molecule has 0 saturated carbocycles. The van der Waals surface area contributed by atoms with Crippen LogP contribution in [0.1, 0.15) is 52.5 Å². The Balaban J connectivity index is 2.84. The van der Waals surface area contributed by atoms with E-state index in [-0.39, 0.29) is 0 Å². The molecule has 0 radical (unpaired) electrons. The molecule has 0 aliphatic heterocycles. The first-order valence-electron chi connectivity index (χ1n) is 7.71. The molecule has 0 aromatic carbocycles. The fourth-order valence-electron chi connectivity index (χ4n) is 2.19. The third kappa shape index (κ3) is 5.29. The Bertz CT molecular complexity index is 393. The van der Waals surface area contributed by atoms with Crippen molar-refractivity contribution in [2.24, 2.45) is 0 Å². The number of unbranched alkanes of at least 4 members (excludes halogenated alkanes) is 2. The molecule has 4 heteroatoms. The molecule has 3 nitrogen and oxygen atoms in total. The van der Waals surface area contributed by atoms with Gasteiger partial charge in [-0.2, -0.15) is 0 Å². The summed E-state index contributed by atoms with van der Waals surface area (Å²) in [5.41, 5.74) is 1.12. The average Bonchev–Trinajstić information content (AvgIpc) is 2.43. The molecule has 1 aromatic rings. The molecule has 20 heavy (non-hydrogen) atoms. The fraction of sp³-hybridized carbons (Fsp3) is 0.688. The van der Waals surface area contributed by atoms with E-state index < -0.39 is 0 Å². The molecule has 0 fully saturated rings. The van der Waals surface area contributed by atoms with Crippen LogP contribution in [0.25, 0.3) is 0 Å². The lowest BCUT2D eigenvalue weighted by molar-refractivity contribution is 0.619. The van der Waals surface area contributed by atoms with Crippen LogP contribution in [-0.2, 0) is 6.54 Å². The summed E-state index contributed by atoms with van der Waals surface area (Å²) in [5.74, 6) is 1.04. The van der Waals surface area contributed by atoms with E-state index in [1.807, 2.05) is 0 Å². The Morgan fingerprint density at radius 3 is 2.65 bits per heavy atom. The van der Waals surface area contributed by atoms with Crippen LogP contribution in [0, 0.1) is 0 Å². The first-order chi connectivity index (χ1) is 9.60. The molecule has 0 aliphatic carbocycles. The van der Waals surface area contributed by atoms with Gasteiger partial charge in [-0.25, -0.2) is 4.98 Å². The van der Waals surface area contributed by atoms with Gasteiger partial charge >= 0.3 is 0 Å². The molecule has 1 N–H and O–H groups in total. The maximum Gasteiger partial charge on any atom is 0.129 e. The topological polar surface area (TPSA) is 28.2 Å². The van der Waals surface area contributed by atoms with E-state index in [1.54, 1.807) is 6.20 Å². The second-order valence-electron chi connectivity index (χ2n) is 5.41. The van der Waals surface area contributed by atoms with E-state index in [0.29, 0.717) is 6.04 Å². The first kappa shape index (κ1) is 17.3. The highest BCUT2D eigenvalue weighted by Gasteiger charge is 2.13. The van der Waals surface area contributed by atoms with Crippen LogP contribution in [0.15, 0.2) is 12.3 Å². The van der Waals surface area contributed by atoms with Gasteiger partial charge in [0.2, 0.25) is 0 Å². The number of anilines is 1. The highest BCUT2D eigenvalue weighted by Crippen LogP contribution is 2.22. The molecule has 1 aromatic heterocycles. The van der Waals surface area contributed by atoms with E-state index in [9.17, 15) is 0 Å². The van der Waals surface area contributed by atoms with Crippen LogP contribution >= 0.6 is 11.6 Å². The summed E-state index contributed by atoms with van der Waals surface area (Å²) in [6, 6.07) is 2.57. The molecule has 114 valence electrons. The van der Waals surface area contributed by atoms with Crippen molar-refractivity contribution in [1.29, 1.82) is 0 Å². The molecule has 1 rings (SSSR count). The van der Waals surface area contributed by atoms with Gasteiger partial charge in [0.15, 0.2) is 0 Å². The lowest BCUT2D eigenvalue weighted by Crippen LogP contribution is -2.32. The number of nitrogens with one attached hydrogen (secondary N) is 1. The maximum atomic E-state index is 6.22. The lowest BCUT2D eigenvalue weighted by atomic mass is 10.2. The van der Waals surface area contributed by atoms with Crippen molar-refractivity contribution in [2.75, 3.05) is 18.0 Å². The quantitative estimate of drug-likeness (QED) is 0.691. The standard InChI is InChI=1S/C16H28ClN3/c1-5-7-8-9-20(13(3)4)16-10-14(11-18-6-2)15(17)12-19-16/h10,12-13,18H,5-9,11H2,1-4H3. The number of aromatic nitrogens is 1. The van der Waals surface area contributed by atoms with Crippen molar-refractivity contribution in [1.82, 2.24) is 10.3 Å². The normalized spacial score (nSPS) is 11.1.